The van der Waals surface area contributed by atoms with Crippen LogP contribution < -0.4 is 0 Å². The number of hydrogen-bond donors (Lipinski definition) is 1. The van der Waals surface area contributed by atoms with Crippen molar-refractivity contribution in [2.45, 2.75) is 50.6 Å². The molecule has 1 saturated carbocycles. The highest BCUT2D eigenvalue weighted by Gasteiger charge is 2.38. The Hall–Kier alpha value is -1.43. The predicted molar refractivity (Wildman–Crippen MR) is 70.5 cm³/mol. The van der Waals surface area contributed by atoms with Crippen molar-refractivity contribution in [1.29, 1.82) is 0 Å². The molecule has 1 aromatic rings. The van der Waals surface area contributed by atoms with Gasteiger partial charge in [-0.2, -0.15) is 5.10 Å². The van der Waals surface area contributed by atoms with Gasteiger partial charge in [-0.1, -0.05) is 19.3 Å². The molecule has 0 saturated heterocycles. The average Bonchev–Trinajstić information content (AvgIpc) is 2.75. The summed E-state index contributed by atoms with van der Waals surface area (Å²) in [6, 6.07) is 0. The zero-order chi connectivity index (χ0) is 13.9. The summed E-state index contributed by atoms with van der Waals surface area (Å²) >= 11 is 0. The highest BCUT2D eigenvalue weighted by atomic mass is 16.4. The van der Waals surface area contributed by atoms with Crippen molar-refractivity contribution in [3.63, 3.8) is 0 Å². The van der Waals surface area contributed by atoms with Gasteiger partial charge in [-0.05, 0) is 19.9 Å². The maximum Gasteiger partial charge on any atom is 0.305 e. The molecular formula is C13H22N4O2. The second-order valence-electron chi connectivity index (χ2n) is 5.51. The summed E-state index contributed by atoms with van der Waals surface area (Å²) in [5.74, 6) is 0.157. The van der Waals surface area contributed by atoms with E-state index >= 15 is 0 Å². The van der Waals surface area contributed by atoms with E-state index in [4.69, 9.17) is 0 Å². The van der Waals surface area contributed by atoms with Gasteiger partial charge in [0.1, 0.15) is 12.2 Å². The molecule has 6 heteroatoms. The number of aliphatic carboxylic acids is 1. The van der Waals surface area contributed by atoms with Gasteiger partial charge in [-0.3, -0.25) is 14.4 Å². The van der Waals surface area contributed by atoms with Crippen LogP contribution in [0.1, 0.15) is 44.3 Å². The molecule has 0 aromatic carbocycles. The Labute approximate surface area is 113 Å². The first-order chi connectivity index (χ1) is 9.03. The average molecular weight is 266 g/mol. The molecule has 0 amide bonds. The topological polar surface area (TPSA) is 71.2 Å². The third kappa shape index (κ3) is 3.12. The maximum absolute atomic E-state index is 11.2. The third-order valence-electron chi connectivity index (χ3n) is 4.26. The van der Waals surface area contributed by atoms with Gasteiger partial charge in [0.2, 0.25) is 0 Å². The Morgan fingerprint density at radius 3 is 2.68 bits per heavy atom. The van der Waals surface area contributed by atoms with Crippen molar-refractivity contribution >= 4 is 5.97 Å². The van der Waals surface area contributed by atoms with Crippen LogP contribution in [0.2, 0.25) is 0 Å². The summed E-state index contributed by atoms with van der Waals surface area (Å²) in [5, 5.41) is 13.3. The predicted octanol–water partition coefficient (Wildman–Crippen LogP) is 1.42. The Bertz CT molecular complexity index is 438. The van der Waals surface area contributed by atoms with E-state index in [0.29, 0.717) is 6.54 Å². The lowest BCUT2D eigenvalue weighted by Gasteiger charge is -2.43. The van der Waals surface area contributed by atoms with Crippen molar-refractivity contribution in [3.05, 3.63) is 12.2 Å². The Morgan fingerprint density at radius 2 is 2.16 bits per heavy atom. The Balaban J connectivity index is 2.13. The van der Waals surface area contributed by atoms with E-state index in [9.17, 15) is 9.90 Å². The van der Waals surface area contributed by atoms with Crippen LogP contribution in [0.3, 0.4) is 0 Å². The highest BCUT2D eigenvalue weighted by Crippen LogP contribution is 2.36. The fraction of sp³-hybridized carbons (Fsp3) is 0.769. The zero-order valence-corrected chi connectivity index (χ0v) is 11.7. The van der Waals surface area contributed by atoms with E-state index in [-0.39, 0.29) is 12.0 Å². The maximum atomic E-state index is 11.2. The summed E-state index contributed by atoms with van der Waals surface area (Å²) in [7, 11) is 3.86. The summed E-state index contributed by atoms with van der Waals surface area (Å²) < 4.78 is 1.74. The molecule has 2 rings (SSSR count). The monoisotopic (exact) mass is 266 g/mol. The van der Waals surface area contributed by atoms with Gasteiger partial charge in [0.25, 0.3) is 0 Å². The van der Waals surface area contributed by atoms with E-state index in [2.05, 4.69) is 15.0 Å². The summed E-state index contributed by atoms with van der Waals surface area (Å²) in [4.78, 5) is 17.6. The van der Waals surface area contributed by atoms with Crippen LogP contribution in [0.25, 0.3) is 0 Å². The molecule has 1 aliphatic rings. The van der Waals surface area contributed by atoms with Crippen molar-refractivity contribution < 1.29 is 9.90 Å². The molecule has 1 N–H and O–H groups in total. The first kappa shape index (κ1) is 14.0. The normalized spacial score (nSPS) is 18.7. The molecule has 0 atom stereocenters. The van der Waals surface area contributed by atoms with Gasteiger partial charge in [0, 0.05) is 12.6 Å². The molecular weight excluding hydrogens is 244 g/mol. The van der Waals surface area contributed by atoms with Gasteiger partial charge >= 0.3 is 5.97 Å². The number of nitrogens with zero attached hydrogens (tertiary/aromatic N) is 4. The highest BCUT2D eigenvalue weighted by molar-refractivity contribution is 5.68. The summed E-state index contributed by atoms with van der Waals surface area (Å²) in [6.07, 6.45) is 7.07. The Kier molecular flexibility index (Phi) is 4.19. The van der Waals surface area contributed by atoms with Gasteiger partial charge < -0.3 is 5.11 Å². The minimum atomic E-state index is -0.716. The van der Waals surface area contributed by atoms with Crippen LogP contribution in [0.4, 0.5) is 0 Å². The first-order valence-corrected chi connectivity index (χ1v) is 6.79. The summed E-state index contributed by atoms with van der Waals surface area (Å²) in [6.45, 7) is 0.643. The number of aryl methyl sites for hydroxylation is 1. The number of carboxylic acids is 1. The third-order valence-corrected chi connectivity index (χ3v) is 4.26. The molecule has 19 heavy (non-hydrogen) atoms. The van der Waals surface area contributed by atoms with Gasteiger partial charge in [-0.25, -0.2) is 4.98 Å². The van der Waals surface area contributed by atoms with Crippen LogP contribution in [-0.4, -0.2) is 43.3 Å². The molecule has 1 aliphatic carbocycles. The zero-order valence-electron chi connectivity index (χ0n) is 11.7. The molecule has 0 spiro atoms. The largest absolute Gasteiger partial charge is 0.481 e. The lowest BCUT2D eigenvalue weighted by Crippen LogP contribution is -2.49. The number of hydrogen-bond acceptors (Lipinski definition) is 4. The van der Waals surface area contributed by atoms with Gasteiger partial charge in [0.15, 0.2) is 0 Å². The molecule has 0 unspecified atom stereocenters. The molecule has 0 aliphatic heterocycles. The second-order valence-corrected chi connectivity index (χ2v) is 5.51. The summed E-state index contributed by atoms with van der Waals surface area (Å²) in [5.41, 5.74) is -0.226. The van der Waals surface area contributed by atoms with E-state index < -0.39 is 5.97 Å². The van der Waals surface area contributed by atoms with E-state index in [1.54, 1.807) is 4.68 Å². The van der Waals surface area contributed by atoms with Crippen molar-refractivity contribution in [2.75, 3.05) is 7.05 Å². The van der Waals surface area contributed by atoms with Crippen LogP contribution in [0.15, 0.2) is 6.33 Å². The van der Waals surface area contributed by atoms with E-state index in [1.807, 2.05) is 14.1 Å². The molecule has 0 bridgehead atoms. The van der Waals surface area contributed by atoms with Crippen LogP contribution in [-0.2, 0) is 18.4 Å². The number of carboxylic acid groups (broad SMARTS) is 1. The van der Waals surface area contributed by atoms with E-state index in [0.717, 1.165) is 31.5 Å². The van der Waals surface area contributed by atoms with Crippen molar-refractivity contribution in [1.82, 2.24) is 19.7 Å². The van der Waals surface area contributed by atoms with Crippen LogP contribution in [0, 0.1) is 0 Å². The number of carbonyl (C=O) groups is 1. The van der Waals surface area contributed by atoms with Gasteiger partial charge in [-0.15, -0.1) is 0 Å². The number of aromatic nitrogens is 3. The van der Waals surface area contributed by atoms with Crippen molar-refractivity contribution in [2.24, 2.45) is 7.05 Å². The lowest BCUT2D eigenvalue weighted by molar-refractivity contribution is -0.141. The fourth-order valence-electron chi connectivity index (χ4n) is 3.03. The fourth-order valence-corrected chi connectivity index (χ4v) is 3.03. The quantitative estimate of drug-likeness (QED) is 0.872. The van der Waals surface area contributed by atoms with Crippen LogP contribution in [0.5, 0.6) is 0 Å². The molecule has 106 valence electrons. The molecule has 0 radical (unpaired) electrons. The SMILES string of the molecule is CN(Cc1ncnn1C)C1(CC(=O)O)CCCCC1. The molecule has 1 fully saturated rings. The van der Waals surface area contributed by atoms with E-state index in [1.165, 1.54) is 12.7 Å². The van der Waals surface area contributed by atoms with Crippen LogP contribution >= 0.6 is 0 Å². The smallest absolute Gasteiger partial charge is 0.305 e. The second kappa shape index (κ2) is 5.69. The van der Waals surface area contributed by atoms with Gasteiger partial charge in [0.05, 0.1) is 13.0 Å². The Morgan fingerprint density at radius 1 is 1.47 bits per heavy atom. The molecule has 6 nitrogen and oxygen atoms in total. The molecule has 1 heterocycles. The first-order valence-electron chi connectivity index (χ1n) is 6.79. The lowest BCUT2D eigenvalue weighted by atomic mass is 9.78. The standard InChI is InChI=1S/C13H22N4O2/c1-16(9-11-14-10-15-17(11)2)13(8-12(18)19)6-4-3-5-7-13/h10H,3-9H2,1-2H3,(H,18,19). The number of rotatable bonds is 5. The molecule has 1 aromatic heterocycles. The minimum Gasteiger partial charge on any atom is -0.481 e. The minimum absolute atomic E-state index is 0.210. The van der Waals surface area contributed by atoms with Crippen molar-refractivity contribution in [3.8, 4) is 0 Å².